The molecule has 4 bridgehead atoms. The van der Waals surface area contributed by atoms with Gasteiger partial charge in [0.05, 0.1) is 80.2 Å². The van der Waals surface area contributed by atoms with E-state index in [-0.39, 0.29) is 72.6 Å². The number of pyridine rings is 1. The smallest absolute Gasteiger partial charge is 0.312 e. The zero-order chi connectivity index (χ0) is 70.0. The van der Waals surface area contributed by atoms with Crippen LogP contribution in [0, 0.1) is 36.0 Å². The van der Waals surface area contributed by atoms with Crippen LogP contribution in [0.3, 0.4) is 0 Å². The van der Waals surface area contributed by atoms with Crippen LogP contribution in [0.4, 0.5) is 33.1 Å². The predicted octanol–water partition coefficient (Wildman–Crippen LogP) is 6.60. The fraction of sp³-hybridized carbons (Fsp3) is 0.528. The van der Waals surface area contributed by atoms with Gasteiger partial charge in [-0.3, -0.25) is 38.5 Å². The Kier molecular flexibility index (Phi) is 20.4. The molecule has 0 radical (unpaired) electrons. The summed E-state index contributed by atoms with van der Waals surface area (Å²) in [5.74, 6) is -2.25. The summed E-state index contributed by atoms with van der Waals surface area (Å²) < 4.78 is 16.8. The van der Waals surface area contributed by atoms with E-state index in [0.29, 0.717) is 60.4 Å². The molecular weight excluding hydrogens is 1280 g/mol. The average molecular weight is 1370 g/mol. The lowest BCUT2D eigenvalue weighted by atomic mass is 9.39. The number of anilines is 5. The molecule has 7 heterocycles. The molecule has 526 valence electrons. The number of imide groups is 1. The summed E-state index contributed by atoms with van der Waals surface area (Å²) in [6.45, 7) is 20.1. The first-order valence-electron chi connectivity index (χ1n) is 34.6. The topological polar surface area (TPSA) is 326 Å². The molecule has 6 aromatic rings. The predicted molar refractivity (Wildman–Crippen MR) is 373 cm³/mol. The summed E-state index contributed by atoms with van der Waals surface area (Å²) >= 11 is 1.56. The maximum Gasteiger partial charge on any atom is 0.312 e. The number of carboxylic acid groups (broad SMARTS) is 1. The van der Waals surface area contributed by atoms with Crippen LogP contribution in [0.5, 0.6) is 0 Å². The van der Waals surface area contributed by atoms with Gasteiger partial charge < -0.3 is 61.1 Å². The van der Waals surface area contributed by atoms with Crippen molar-refractivity contribution in [2.75, 3.05) is 94.8 Å². The second-order valence-electron chi connectivity index (χ2n) is 29.8. The Morgan fingerprint density at radius 3 is 2.26 bits per heavy atom. The van der Waals surface area contributed by atoms with Gasteiger partial charge in [0, 0.05) is 97.0 Å². The number of aromatic carboxylic acids is 1. The number of quaternary nitrogens is 1. The number of carbonyl (C=O) groups excluding carboxylic acids is 7. The molecule has 0 spiro atoms. The highest BCUT2D eigenvalue weighted by Crippen LogP contribution is 2.72. The number of nitrogens with zero attached hydrogens (tertiary/aromatic N) is 10. The van der Waals surface area contributed by atoms with E-state index in [2.05, 4.69) is 67.3 Å². The number of hydrogen-bond donors (Lipinski definition) is 6. The van der Waals surface area contributed by atoms with E-state index in [9.17, 15) is 38.7 Å². The van der Waals surface area contributed by atoms with Crippen molar-refractivity contribution in [3.05, 3.63) is 107 Å². The van der Waals surface area contributed by atoms with Gasteiger partial charge in [0.2, 0.25) is 17.7 Å². The number of aromatic nitrogens is 6. The quantitative estimate of drug-likeness (QED) is 0.0164. The van der Waals surface area contributed by atoms with Crippen molar-refractivity contribution in [2.24, 2.45) is 27.9 Å². The summed E-state index contributed by atoms with van der Waals surface area (Å²) in [6, 6.07) is 16.7. The maximum absolute atomic E-state index is 13.9. The summed E-state index contributed by atoms with van der Waals surface area (Å²) in [4.78, 5) is 104. The van der Waals surface area contributed by atoms with Crippen molar-refractivity contribution in [2.45, 2.75) is 143 Å². The van der Waals surface area contributed by atoms with Crippen LogP contribution in [-0.2, 0) is 53.0 Å². The van der Waals surface area contributed by atoms with E-state index in [1.165, 1.54) is 12.2 Å². The second kappa shape index (κ2) is 28.8. The molecule has 4 aliphatic carbocycles. The van der Waals surface area contributed by atoms with Crippen LogP contribution in [-0.4, -0.2) is 183 Å². The summed E-state index contributed by atoms with van der Waals surface area (Å²) in [5.41, 5.74) is 11.7. The molecule has 7 amide bonds. The number of likely N-dealkylation sites (N-methyl/N-ethyl adjacent to an activating group) is 1. The Hall–Kier alpha value is -8.76. The number of ether oxygens (including phenoxy) is 2. The molecule has 2 aromatic carbocycles. The van der Waals surface area contributed by atoms with Gasteiger partial charge in [-0.25, -0.2) is 14.8 Å². The lowest BCUT2D eigenvalue weighted by Crippen LogP contribution is -2.64. The lowest BCUT2D eigenvalue weighted by molar-refractivity contribution is -0.926. The number of thiazole rings is 1. The Morgan fingerprint density at radius 2 is 1.56 bits per heavy atom. The van der Waals surface area contributed by atoms with Crippen molar-refractivity contribution >= 4 is 91.4 Å². The number of benzene rings is 2. The Morgan fingerprint density at radius 1 is 0.818 bits per heavy atom. The number of nitrogens with two attached hydrogens (primary N) is 1. The van der Waals surface area contributed by atoms with Crippen LogP contribution >= 0.6 is 11.3 Å². The van der Waals surface area contributed by atoms with Gasteiger partial charge in [-0.1, -0.05) is 63.3 Å². The zero-order valence-electron chi connectivity index (χ0n) is 57.7. The molecule has 27 heteroatoms. The number of rotatable bonds is 29. The zero-order valence-corrected chi connectivity index (χ0v) is 58.6. The Labute approximate surface area is 580 Å². The van der Waals surface area contributed by atoms with Gasteiger partial charge in [-0.15, -0.1) is 10.2 Å². The first-order chi connectivity index (χ1) is 47.3. The number of nitrogens with one attached hydrogen (secondary N) is 5. The van der Waals surface area contributed by atoms with Gasteiger partial charge in [0.25, 0.3) is 11.8 Å². The third kappa shape index (κ3) is 16.0. The molecule has 2 unspecified atom stereocenters. The molecule has 26 nitrogen and oxygen atoms in total. The summed E-state index contributed by atoms with van der Waals surface area (Å²) in [5, 5.41) is 42.6. The molecule has 5 fully saturated rings. The average Bonchev–Trinajstić information content (AvgIpc) is 1.58. The number of urea groups is 1. The molecule has 4 atom stereocenters. The second-order valence-corrected chi connectivity index (χ2v) is 30.8. The number of piperazine rings is 1. The minimum Gasteiger partial charge on any atom is -0.543 e. The van der Waals surface area contributed by atoms with Gasteiger partial charge in [-0.2, -0.15) is 5.10 Å². The Bertz CT molecular complexity index is 4020. The molecule has 7 N–H and O–H groups in total. The SMILES string of the molecule is Cc1c(Nc2nc3ccccc3s2)nnc2c1CCCN2c1ccc(-c2cnn(CC34CC5(C)CC(C)(C3)CC(OCCN3CC[N+](C)(Cc6ccc(NC(=O)[C@H](CCCNC(N)=O)NC(=O)[C@@H](NC(=O)CCOCCN7C(=O)C=CC7=O)C(C)C)cc6)CC3)(C5)C4)c2C)c(C(=O)[O-])n1. The van der Waals surface area contributed by atoms with E-state index in [4.69, 9.17) is 30.3 Å². The third-order valence-corrected chi connectivity index (χ3v) is 22.0. The van der Waals surface area contributed by atoms with Crippen molar-refractivity contribution in [1.29, 1.82) is 0 Å². The largest absolute Gasteiger partial charge is 0.543 e. The van der Waals surface area contributed by atoms with E-state index in [0.717, 1.165) is 138 Å². The number of primary amides is 1. The standard InChI is InChI=1S/C72H92N16O10S/c1-45(2)60(80-57(89)24-33-97-34-30-86-58(90)22-23-59(86)91)65(93)77-54(14-10-25-74-67(73)96)64(92)76-49-18-16-48(17-19-49)37-88(7)31-27-84(28-32-88)29-35-98-72-41-69(5)38-70(6,42-72)40-71(39-69,43-72)44-87-47(4)52(36-75-87)51-20-21-56(79-61(51)66(94)95)85-26-11-12-50-46(3)62(82-83-63(50)85)81-68-78-53-13-8-9-15-55(53)99-68/h8-9,13,15-23,36,45,54,60H,10-12,14,24-35,37-44H2,1-7H3,(H7-,73,74,76,77,78,80,81,82,89,92,93,94,95,96)/t54-,60-,69?,70?,71?,72?/m0/s1. The van der Waals surface area contributed by atoms with Crippen LogP contribution in [0.25, 0.3) is 21.3 Å². The van der Waals surface area contributed by atoms with Crippen LogP contribution in [0.15, 0.2) is 79.0 Å². The van der Waals surface area contributed by atoms with E-state index < -0.39 is 53.6 Å². The molecule has 4 aromatic heterocycles. The Balaban J connectivity index is 0.626. The number of hydrogen-bond acceptors (Lipinski definition) is 19. The number of carbonyl (C=O) groups is 7. The van der Waals surface area contributed by atoms with Crippen LogP contribution < -0.4 is 42.3 Å². The highest BCUT2D eigenvalue weighted by Gasteiger charge is 2.66. The first kappa shape index (κ1) is 70.1. The third-order valence-electron chi connectivity index (χ3n) is 21.0. The van der Waals surface area contributed by atoms with Crippen molar-refractivity contribution in [3.8, 4) is 11.1 Å². The van der Waals surface area contributed by atoms with Crippen molar-refractivity contribution < 1.29 is 52.6 Å². The van der Waals surface area contributed by atoms with Gasteiger partial charge in [0.15, 0.2) is 16.8 Å². The lowest BCUT2D eigenvalue weighted by Gasteiger charge is -2.69. The molecule has 1 saturated heterocycles. The molecule has 4 saturated carbocycles. The normalized spacial score (nSPS) is 22.9. The van der Waals surface area contributed by atoms with E-state index >= 15 is 0 Å². The van der Waals surface area contributed by atoms with Crippen molar-refractivity contribution in [3.63, 3.8) is 0 Å². The maximum atomic E-state index is 13.9. The molecule has 7 aliphatic rings. The highest BCUT2D eigenvalue weighted by molar-refractivity contribution is 7.22. The minimum absolute atomic E-state index is 0.00474. The monoisotopic (exact) mass is 1370 g/mol. The first-order valence-corrected chi connectivity index (χ1v) is 35.4. The minimum atomic E-state index is -1.36. The molecule has 99 heavy (non-hydrogen) atoms. The van der Waals surface area contributed by atoms with Crippen LogP contribution in [0.2, 0.25) is 0 Å². The van der Waals surface area contributed by atoms with Gasteiger partial charge >= 0.3 is 6.03 Å². The van der Waals surface area contributed by atoms with Gasteiger partial charge in [0.1, 0.15) is 24.4 Å². The summed E-state index contributed by atoms with van der Waals surface area (Å²) in [6.07, 6.45) is 12.5. The van der Waals surface area contributed by atoms with E-state index in [1.54, 1.807) is 31.4 Å². The molecule has 13 rings (SSSR count). The van der Waals surface area contributed by atoms with Gasteiger partial charge in [-0.05, 0) is 137 Å². The van der Waals surface area contributed by atoms with Crippen LogP contribution in [0.1, 0.15) is 125 Å². The summed E-state index contributed by atoms with van der Waals surface area (Å²) in [7, 11) is 2.29. The molecular formula is C72H92N16O10S. The number of fused-ring (bicyclic) bond motifs is 2. The van der Waals surface area contributed by atoms with Crippen molar-refractivity contribution in [1.82, 2.24) is 55.7 Å². The fourth-order valence-corrected chi connectivity index (χ4v) is 18.2. The highest BCUT2D eigenvalue weighted by atomic mass is 32.1. The number of para-hydroxylation sites is 1. The van der Waals surface area contributed by atoms with E-state index in [1.807, 2.05) is 79.4 Å². The number of amides is 7. The fourth-order valence-electron chi connectivity index (χ4n) is 17.3. The molecule has 3 aliphatic heterocycles. The number of carboxylic acids is 1.